The summed E-state index contributed by atoms with van der Waals surface area (Å²) in [6, 6.07) is 12.6. The zero-order chi connectivity index (χ0) is 24.0. The van der Waals surface area contributed by atoms with E-state index in [1.54, 1.807) is 24.3 Å². The summed E-state index contributed by atoms with van der Waals surface area (Å²) in [5.74, 6) is -0.163. The molecule has 0 aromatic heterocycles. The molecule has 0 radical (unpaired) electrons. The third kappa shape index (κ3) is 6.53. The molecule has 2 unspecified atom stereocenters. The molecule has 3 rings (SSSR count). The number of carbonyl (C=O) groups is 2. The molecule has 2 amide bonds. The number of morpholine rings is 1. The van der Waals surface area contributed by atoms with Crippen molar-refractivity contribution in [1.82, 2.24) is 9.62 Å². The van der Waals surface area contributed by atoms with Crippen molar-refractivity contribution < 1.29 is 27.5 Å². The minimum Gasteiger partial charge on any atom is -0.494 e. The summed E-state index contributed by atoms with van der Waals surface area (Å²) in [5.41, 5.74) is 0.838. The van der Waals surface area contributed by atoms with Gasteiger partial charge < -0.3 is 20.1 Å². The van der Waals surface area contributed by atoms with Gasteiger partial charge in [0, 0.05) is 24.3 Å². The van der Waals surface area contributed by atoms with E-state index in [2.05, 4.69) is 10.6 Å². The lowest BCUT2D eigenvalue weighted by atomic mass is 10.2. The molecule has 2 aromatic rings. The Morgan fingerprint density at radius 2 is 1.64 bits per heavy atom. The van der Waals surface area contributed by atoms with Crippen molar-refractivity contribution in [3.63, 3.8) is 0 Å². The monoisotopic (exact) mass is 475 g/mol. The van der Waals surface area contributed by atoms with Gasteiger partial charge in [0.1, 0.15) is 5.75 Å². The van der Waals surface area contributed by atoms with Gasteiger partial charge in [-0.05, 0) is 69.3 Å². The fraction of sp³-hybridized carbons (Fsp3) is 0.391. The van der Waals surface area contributed by atoms with Gasteiger partial charge in [-0.1, -0.05) is 0 Å². The minimum absolute atomic E-state index is 0.105. The second-order valence-electron chi connectivity index (χ2n) is 7.79. The number of nitrogens with zero attached hydrogens (tertiary/aromatic N) is 1. The first-order valence-corrected chi connectivity index (χ1v) is 12.2. The molecular weight excluding hydrogens is 446 g/mol. The molecule has 0 aliphatic carbocycles. The highest BCUT2D eigenvalue weighted by Gasteiger charge is 2.32. The smallest absolute Gasteiger partial charge is 0.251 e. The van der Waals surface area contributed by atoms with Gasteiger partial charge in [-0.15, -0.1) is 0 Å². The Morgan fingerprint density at radius 3 is 2.21 bits per heavy atom. The van der Waals surface area contributed by atoms with E-state index in [-0.39, 0.29) is 48.2 Å². The molecule has 178 valence electrons. The fourth-order valence-corrected chi connectivity index (χ4v) is 5.11. The molecule has 2 aromatic carbocycles. The summed E-state index contributed by atoms with van der Waals surface area (Å²) in [5, 5.41) is 5.22. The first-order valence-electron chi connectivity index (χ1n) is 10.8. The van der Waals surface area contributed by atoms with Crippen molar-refractivity contribution in [2.45, 2.75) is 37.9 Å². The van der Waals surface area contributed by atoms with Crippen LogP contribution in [0.1, 0.15) is 31.1 Å². The molecule has 2 atom stereocenters. The number of carbonyl (C=O) groups excluding carboxylic acids is 2. The Kier molecular flexibility index (Phi) is 8.06. The van der Waals surface area contributed by atoms with Crippen molar-refractivity contribution in [2.24, 2.45) is 0 Å². The molecular formula is C23H29N3O6S. The number of sulfonamides is 1. The normalized spacial score (nSPS) is 19.0. The lowest BCUT2D eigenvalue weighted by Crippen LogP contribution is -2.48. The van der Waals surface area contributed by atoms with E-state index in [1.807, 2.05) is 20.8 Å². The van der Waals surface area contributed by atoms with Crippen LogP contribution in [0.25, 0.3) is 0 Å². The van der Waals surface area contributed by atoms with E-state index in [4.69, 9.17) is 9.47 Å². The van der Waals surface area contributed by atoms with Crippen molar-refractivity contribution in [1.29, 1.82) is 0 Å². The number of rotatable bonds is 8. The number of hydrogen-bond acceptors (Lipinski definition) is 6. The molecule has 0 bridgehead atoms. The van der Waals surface area contributed by atoms with Gasteiger partial charge >= 0.3 is 0 Å². The molecule has 0 spiro atoms. The summed E-state index contributed by atoms with van der Waals surface area (Å²) in [4.78, 5) is 24.6. The van der Waals surface area contributed by atoms with Crippen LogP contribution in [0.5, 0.6) is 5.75 Å². The zero-order valence-corrected chi connectivity index (χ0v) is 19.7. The molecule has 9 nitrogen and oxygen atoms in total. The second-order valence-corrected chi connectivity index (χ2v) is 9.73. The lowest BCUT2D eigenvalue weighted by molar-refractivity contribution is -0.115. The maximum Gasteiger partial charge on any atom is 0.251 e. The van der Waals surface area contributed by atoms with Gasteiger partial charge in [0.25, 0.3) is 5.91 Å². The number of anilines is 1. The molecule has 10 heteroatoms. The maximum absolute atomic E-state index is 12.9. The third-order valence-corrected chi connectivity index (χ3v) is 6.84. The van der Waals surface area contributed by atoms with Gasteiger partial charge in [-0.2, -0.15) is 4.31 Å². The highest BCUT2D eigenvalue weighted by Crippen LogP contribution is 2.21. The summed E-state index contributed by atoms with van der Waals surface area (Å²) in [7, 11) is -3.69. The van der Waals surface area contributed by atoms with Crippen LogP contribution in [0.3, 0.4) is 0 Å². The number of benzene rings is 2. The average Bonchev–Trinajstić information content (AvgIpc) is 2.78. The second kappa shape index (κ2) is 10.8. The van der Waals surface area contributed by atoms with Crippen LogP contribution in [0.2, 0.25) is 0 Å². The molecule has 33 heavy (non-hydrogen) atoms. The van der Waals surface area contributed by atoms with Crippen molar-refractivity contribution >= 4 is 27.5 Å². The van der Waals surface area contributed by atoms with E-state index in [1.165, 1.54) is 28.6 Å². The Hall–Kier alpha value is -2.95. The predicted octanol–water partition coefficient (Wildman–Crippen LogP) is 2.25. The first kappa shape index (κ1) is 24.7. The van der Waals surface area contributed by atoms with Crippen molar-refractivity contribution in [3.8, 4) is 5.75 Å². The van der Waals surface area contributed by atoms with Gasteiger partial charge in [-0.3, -0.25) is 9.59 Å². The van der Waals surface area contributed by atoms with Crippen LogP contribution in [0, 0.1) is 0 Å². The molecule has 1 heterocycles. The topological polar surface area (TPSA) is 114 Å². The molecule has 1 aliphatic rings. The quantitative estimate of drug-likeness (QED) is 0.605. The van der Waals surface area contributed by atoms with E-state index >= 15 is 0 Å². The molecule has 2 N–H and O–H groups in total. The minimum atomic E-state index is -3.69. The summed E-state index contributed by atoms with van der Waals surface area (Å²) < 4.78 is 38.2. The first-order chi connectivity index (χ1) is 15.7. The largest absolute Gasteiger partial charge is 0.494 e. The summed E-state index contributed by atoms with van der Waals surface area (Å²) in [6.45, 7) is 6.42. The van der Waals surface area contributed by atoms with Crippen LogP contribution < -0.4 is 15.4 Å². The van der Waals surface area contributed by atoms with Crippen LogP contribution in [0.4, 0.5) is 5.69 Å². The predicted molar refractivity (Wildman–Crippen MR) is 124 cm³/mol. The van der Waals surface area contributed by atoms with Crippen molar-refractivity contribution in [3.05, 3.63) is 54.1 Å². The Labute approximate surface area is 194 Å². The summed E-state index contributed by atoms with van der Waals surface area (Å²) in [6.07, 6.45) is -0.385. The summed E-state index contributed by atoms with van der Waals surface area (Å²) >= 11 is 0. The van der Waals surface area contributed by atoms with Crippen LogP contribution in [0.15, 0.2) is 53.4 Å². The number of amides is 2. The fourth-order valence-electron chi connectivity index (χ4n) is 3.52. The van der Waals surface area contributed by atoms with Crippen LogP contribution >= 0.6 is 0 Å². The van der Waals surface area contributed by atoms with E-state index in [0.717, 1.165) is 0 Å². The van der Waals surface area contributed by atoms with Crippen molar-refractivity contribution in [2.75, 3.05) is 31.6 Å². The Morgan fingerprint density at radius 1 is 1.03 bits per heavy atom. The van der Waals surface area contributed by atoms with Crippen LogP contribution in [-0.4, -0.2) is 63.0 Å². The highest BCUT2D eigenvalue weighted by atomic mass is 32.2. The van der Waals surface area contributed by atoms with E-state index in [9.17, 15) is 18.0 Å². The van der Waals surface area contributed by atoms with E-state index in [0.29, 0.717) is 18.0 Å². The molecule has 1 aliphatic heterocycles. The highest BCUT2D eigenvalue weighted by molar-refractivity contribution is 7.89. The van der Waals surface area contributed by atoms with Gasteiger partial charge in [0.2, 0.25) is 15.9 Å². The standard InChI is InChI=1S/C23H29N3O6S/c1-4-31-20-9-7-19(8-10-20)25-22(27)13-24-23(28)18-5-11-21(12-6-18)33(29,30)26-14-16(2)32-17(3)15-26/h5-12,16-17H,4,13-15H2,1-3H3,(H,24,28)(H,25,27). The van der Waals surface area contributed by atoms with E-state index < -0.39 is 15.9 Å². The lowest BCUT2D eigenvalue weighted by Gasteiger charge is -2.34. The number of ether oxygens (including phenoxy) is 2. The zero-order valence-electron chi connectivity index (χ0n) is 18.9. The maximum atomic E-state index is 12.9. The molecule has 1 fully saturated rings. The SMILES string of the molecule is CCOc1ccc(NC(=O)CNC(=O)c2ccc(S(=O)(=O)N3CC(C)OC(C)C3)cc2)cc1. The number of hydrogen-bond donors (Lipinski definition) is 2. The Bertz CT molecular complexity index is 1060. The van der Waals surface area contributed by atoms with Gasteiger partial charge in [-0.25, -0.2) is 8.42 Å². The Balaban J connectivity index is 1.55. The third-order valence-electron chi connectivity index (χ3n) is 5.00. The van der Waals surface area contributed by atoms with Crippen LogP contribution in [-0.2, 0) is 19.6 Å². The van der Waals surface area contributed by atoms with Gasteiger partial charge in [0.15, 0.2) is 0 Å². The average molecular weight is 476 g/mol. The molecule has 0 saturated carbocycles. The number of nitrogens with one attached hydrogen (secondary N) is 2. The molecule has 1 saturated heterocycles. The van der Waals surface area contributed by atoms with Gasteiger partial charge in [0.05, 0.1) is 30.3 Å².